The monoisotopic (exact) mass is 463 g/mol. The van der Waals surface area contributed by atoms with E-state index in [1.54, 1.807) is 29.0 Å². The Bertz CT molecular complexity index is 1280. The molecule has 1 N–H and O–H groups in total. The molecule has 1 aliphatic rings. The van der Waals surface area contributed by atoms with E-state index < -0.39 is 0 Å². The van der Waals surface area contributed by atoms with Gasteiger partial charge in [-0.1, -0.05) is 58.9 Å². The summed E-state index contributed by atoms with van der Waals surface area (Å²) in [5.74, 6) is 0.696. The van der Waals surface area contributed by atoms with E-state index in [2.05, 4.69) is 20.8 Å². The van der Waals surface area contributed by atoms with E-state index in [4.69, 9.17) is 10.4 Å². The highest BCUT2D eigenvalue weighted by molar-refractivity contribution is 5.97. The first-order valence-electron chi connectivity index (χ1n) is 12.8. The van der Waals surface area contributed by atoms with E-state index in [9.17, 15) is 9.59 Å². The Labute approximate surface area is 200 Å². The molecule has 182 valence electrons. The van der Waals surface area contributed by atoms with Gasteiger partial charge in [0.25, 0.3) is 11.5 Å². The van der Waals surface area contributed by atoms with Gasteiger partial charge in [-0.3, -0.25) is 19.4 Å². The first kappa shape index (κ1) is 24.2. The Hall–Kier alpha value is -2.96. The van der Waals surface area contributed by atoms with Gasteiger partial charge in [0.2, 0.25) is 0 Å². The van der Waals surface area contributed by atoms with Gasteiger partial charge in [0.05, 0.1) is 10.9 Å². The predicted octanol–water partition coefficient (Wildman–Crippen LogP) is 4.61. The number of amides is 1. The predicted molar refractivity (Wildman–Crippen MR) is 135 cm³/mol. The molecule has 2 unspecified atom stereocenters. The molecule has 0 aliphatic carbocycles. The summed E-state index contributed by atoms with van der Waals surface area (Å²) in [7, 11) is 0. The second-order valence-corrected chi connectivity index (χ2v) is 10.1. The molecule has 7 heteroatoms. The third-order valence-electron chi connectivity index (χ3n) is 6.94. The maximum absolute atomic E-state index is 13.6. The number of fused-ring (bicyclic) bond motifs is 2. The van der Waals surface area contributed by atoms with Crippen LogP contribution in [0.5, 0.6) is 0 Å². The molecule has 1 saturated heterocycles. The summed E-state index contributed by atoms with van der Waals surface area (Å²) in [6.45, 7) is 8.48. The van der Waals surface area contributed by atoms with Crippen molar-refractivity contribution in [3.8, 4) is 0 Å². The van der Waals surface area contributed by atoms with Crippen LogP contribution < -0.4 is 11.0 Å². The van der Waals surface area contributed by atoms with Crippen molar-refractivity contribution in [2.24, 2.45) is 11.8 Å². The molecule has 1 aliphatic heterocycles. The summed E-state index contributed by atoms with van der Waals surface area (Å²) in [6.07, 6.45) is 9.55. The number of hydrogen-bond donors (Lipinski definition) is 1. The van der Waals surface area contributed by atoms with Gasteiger partial charge in [-0.25, -0.2) is 4.98 Å². The Balaban J connectivity index is 1.78. The van der Waals surface area contributed by atoms with Crippen molar-refractivity contribution in [2.75, 3.05) is 13.1 Å². The van der Waals surface area contributed by atoms with E-state index in [0.717, 1.165) is 25.7 Å². The second kappa shape index (κ2) is 10.5. The van der Waals surface area contributed by atoms with Crippen LogP contribution in [0.4, 0.5) is 0 Å². The minimum Gasteiger partial charge on any atom is -0.338 e. The van der Waals surface area contributed by atoms with Crippen LogP contribution in [0.15, 0.2) is 35.3 Å². The molecule has 4 heterocycles. The number of carbonyl (C=O) groups excluding carboxylic acids is 1. The second-order valence-electron chi connectivity index (χ2n) is 10.1. The number of nitrogens with one attached hydrogen (secondary N) is 1. The first-order valence-corrected chi connectivity index (χ1v) is 12.8. The minimum atomic E-state index is -0.202. The smallest absolute Gasteiger partial charge is 0.267 e. The zero-order chi connectivity index (χ0) is 24.2. The molecule has 1 amide bonds. The number of nitrogens with zero attached hydrogens (tertiary/aromatic N) is 4. The third kappa shape index (κ3) is 4.93. The zero-order valence-electron chi connectivity index (χ0n) is 20.7. The van der Waals surface area contributed by atoms with Crippen LogP contribution in [-0.2, 0) is 6.54 Å². The summed E-state index contributed by atoms with van der Waals surface area (Å²) in [5.41, 5.74) is 1.30. The molecule has 3 aromatic rings. The lowest BCUT2D eigenvalue weighted by Crippen LogP contribution is -2.45. The summed E-state index contributed by atoms with van der Waals surface area (Å²) in [5, 5.41) is 9.37. The van der Waals surface area contributed by atoms with Crippen molar-refractivity contribution < 1.29 is 4.79 Å². The Morgan fingerprint density at radius 3 is 2.53 bits per heavy atom. The summed E-state index contributed by atoms with van der Waals surface area (Å²) >= 11 is 0. The van der Waals surface area contributed by atoms with Gasteiger partial charge < -0.3 is 9.47 Å². The molecule has 34 heavy (non-hydrogen) atoms. The minimum absolute atomic E-state index is 0.153. The average Bonchev–Trinajstić information content (AvgIpc) is 2.81. The number of aryl methyl sites for hydroxylation is 1. The normalized spacial score (nSPS) is 18.6. The third-order valence-corrected chi connectivity index (χ3v) is 6.94. The molecule has 7 nitrogen and oxygen atoms in total. The van der Waals surface area contributed by atoms with E-state index in [1.807, 2.05) is 11.0 Å². The highest BCUT2D eigenvalue weighted by Gasteiger charge is 2.28. The lowest BCUT2D eigenvalue weighted by Gasteiger charge is -2.35. The van der Waals surface area contributed by atoms with Crippen LogP contribution in [0.25, 0.3) is 16.7 Å². The molecule has 0 radical (unpaired) electrons. The molecular formula is C27H37N5O2. The highest BCUT2D eigenvalue weighted by atomic mass is 16.2. The van der Waals surface area contributed by atoms with Crippen LogP contribution in [0.1, 0.15) is 76.1 Å². The quantitative estimate of drug-likeness (QED) is 0.391. The molecular weight excluding hydrogens is 426 g/mol. The van der Waals surface area contributed by atoms with Gasteiger partial charge in [0, 0.05) is 25.8 Å². The molecule has 0 spiro atoms. The van der Waals surface area contributed by atoms with Crippen molar-refractivity contribution in [3.05, 3.63) is 51.9 Å². The van der Waals surface area contributed by atoms with Crippen LogP contribution >= 0.6 is 0 Å². The number of rotatable bonds is 8. The average molecular weight is 464 g/mol. The maximum atomic E-state index is 13.6. The number of unbranched alkanes of at least 4 members (excludes halogenated alkanes) is 5. The Morgan fingerprint density at radius 1 is 1.09 bits per heavy atom. The molecule has 1 fully saturated rings. The van der Waals surface area contributed by atoms with Gasteiger partial charge in [-0.15, -0.1) is 0 Å². The fourth-order valence-electron chi connectivity index (χ4n) is 5.32. The summed E-state index contributed by atoms with van der Waals surface area (Å²) in [4.78, 5) is 33.6. The molecule has 0 aromatic carbocycles. The largest absolute Gasteiger partial charge is 0.338 e. The number of carbonyl (C=O) groups is 1. The fraction of sp³-hybridized carbons (Fsp3) is 0.556. The van der Waals surface area contributed by atoms with Crippen molar-refractivity contribution in [1.29, 1.82) is 5.41 Å². The fourth-order valence-corrected chi connectivity index (χ4v) is 5.32. The zero-order valence-corrected chi connectivity index (χ0v) is 20.7. The van der Waals surface area contributed by atoms with Gasteiger partial charge in [-0.05, 0) is 42.9 Å². The van der Waals surface area contributed by atoms with E-state index in [1.165, 1.54) is 23.7 Å². The Kier molecular flexibility index (Phi) is 7.49. The number of pyridine rings is 2. The van der Waals surface area contributed by atoms with Gasteiger partial charge in [0.1, 0.15) is 16.8 Å². The molecule has 0 bridgehead atoms. The van der Waals surface area contributed by atoms with E-state index in [-0.39, 0.29) is 17.0 Å². The maximum Gasteiger partial charge on any atom is 0.267 e. The molecule has 3 aromatic heterocycles. The number of piperidine rings is 1. The molecule has 2 atom stereocenters. The number of likely N-dealkylation sites (tertiary alicyclic amines) is 1. The van der Waals surface area contributed by atoms with Crippen LogP contribution in [0.2, 0.25) is 0 Å². The summed E-state index contributed by atoms with van der Waals surface area (Å²) < 4.78 is 3.30. The van der Waals surface area contributed by atoms with Crippen molar-refractivity contribution in [1.82, 2.24) is 18.9 Å². The van der Waals surface area contributed by atoms with Crippen LogP contribution in [-0.4, -0.2) is 37.8 Å². The highest BCUT2D eigenvalue weighted by Crippen LogP contribution is 2.22. The van der Waals surface area contributed by atoms with Crippen molar-refractivity contribution >= 4 is 22.6 Å². The van der Waals surface area contributed by atoms with E-state index in [0.29, 0.717) is 53.7 Å². The Morgan fingerprint density at radius 2 is 1.79 bits per heavy atom. The SMILES string of the molecule is CCCCCCCCn1c(=N)c(C(=O)N2CC(C)CC(C)C2)cc2c(=O)n3ccccc3nc21. The number of hydrogen-bond acceptors (Lipinski definition) is 4. The topological polar surface area (TPSA) is 83.5 Å². The summed E-state index contributed by atoms with van der Waals surface area (Å²) in [6, 6.07) is 7.06. The van der Waals surface area contributed by atoms with Gasteiger partial charge in [-0.2, -0.15) is 0 Å². The first-order chi connectivity index (χ1) is 16.4. The van der Waals surface area contributed by atoms with Crippen molar-refractivity contribution in [3.63, 3.8) is 0 Å². The lowest BCUT2D eigenvalue weighted by atomic mass is 9.91. The number of aromatic nitrogens is 3. The molecule has 0 saturated carbocycles. The van der Waals surface area contributed by atoms with E-state index >= 15 is 0 Å². The van der Waals surface area contributed by atoms with Crippen molar-refractivity contribution in [2.45, 2.75) is 72.3 Å². The lowest BCUT2D eigenvalue weighted by molar-refractivity contribution is 0.0620. The van der Waals surface area contributed by atoms with Crippen LogP contribution in [0, 0.1) is 17.2 Å². The van der Waals surface area contributed by atoms with Gasteiger partial charge >= 0.3 is 0 Å². The standard InChI is InChI=1S/C27H37N5O2/c1-4-5-6-7-8-10-14-32-24(28)21(26(33)30-17-19(2)15-20(3)18-30)16-22-25(32)29-23-12-9-11-13-31(23)27(22)34/h9,11-13,16,19-20,28H,4-8,10,14-15,17-18H2,1-3H3. The van der Waals surface area contributed by atoms with Gasteiger partial charge in [0.15, 0.2) is 0 Å². The molecule has 4 rings (SSSR count). The van der Waals surface area contributed by atoms with Crippen LogP contribution in [0.3, 0.4) is 0 Å².